The molecule has 100 valence electrons. The number of aromatic nitrogens is 4. The third-order valence-corrected chi connectivity index (χ3v) is 5.03. The van der Waals surface area contributed by atoms with Crippen molar-refractivity contribution in [1.29, 1.82) is 0 Å². The normalized spacial score (nSPS) is 11.8. The van der Waals surface area contributed by atoms with Crippen LogP contribution in [0.2, 0.25) is 0 Å². The molecule has 0 bridgehead atoms. The van der Waals surface area contributed by atoms with E-state index in [0.29, 0.717) is 10.5 Å². The molecule has 4 aromatic rings. The average Bonchev–Trinajstić information content (AvgIpc) is 3.02. The first-order valence-electron chi connectivity index (χ1n) is 6.21. The highest BCUT2D eigenvalue weighted by Gasteiger charge is 2.14. The topological polar surface area (TPSA) is 63.1 Å². The SMILES string of the molecule is CCSc1nn2c(=O)c3[nH]c4ccccc4c3nc2s1. The fourth-order valence-corrected chi connectivity index (χ4v) is 4.08. The van der Waals surface area contributed by atoms with Crippen molar-refractivity contribution in [3.8, 4) is 0 Å². The van der Waals surface area contributed by atoms with Gasteiger partial charge in [0.15, 0.2) is 4.34 Å². The first-order chi connectivity index (χ1) is 9.78. The second kappa shape index (κ2) is 4.32. The molecule has 0 aliphatic rings. The molecule has 0 spiro atoms. The van der Waals surface area contributed by atoms with Gasteiger partial charge in [-0.05, 0) is 11.8 Å². The number of hydrogen-bond acceptors (Lipinski definition) is 5. The molecule has 20 heavy (non-hydrogen) atoms. The van der Waals surface area contributed by atoms with Gasteiger partial charge in [-0.2, -0.15) is 4.52 Å². The van der Waals surface area contributed by atoms with Gasteiger partial charge < -0.3 is 4.98 Å². The lowest BCUT2D eigenvalue weighted by Crippen LogP contribution is -2.15. The van der Waals surface area contributed by atoms with Crippen molar-refractivity contribution < 1.29 is 0 Å². The summed E-state index contributed by atoms with van der Waals surface area (Å²) in [6.45, 7) is 2.06. The Kier molecular flexibility index (Phi) is 2.58. The number of fused-ring (bicyclic) bond motifs is 4. The minimum atomic E-state index is -0.139. The number of para-hydroxylation sites is 1. The number of rotatable bonds is 2. The van der Waals surface area contributed by atoms with E-state index in [0.717, 1.165) is 26.5 Å². The second-order valence-corrected chi connectivity index (χ2v) is 6.77. The zero-order valence-electron chi connectivity index (χ0n) is 10.6. The second-order valence-electron chi connectivity index (χ2n) is 4.31. The van der Waals surface area contributed by atoms with E-state index in [1.54, 1.807) is 11.8 Å². The van der Waals surface area contributed by atoms with Crippen molar-refractivity contribution in [2.24, 2.45) is 0 Å². The number of H-pyrrole nitrogens is 1. The lowest BCUT2D eigenvalue weighted by molar-refractivity contribution is 0.868. The Morgan fingerprint density at radius 1 is 1.40 bits per heavy atom. The molecule has 1 N–H and O–H groups in total. The summed E-state index contributed by atoms with van der Waals surface area (Å²) in [7, 11) is 0. The van der Waals surface area contributed by atoms with Crippen LogP contribution in [0.4, 0.5) is 0 Å². The standard InChI is InChI=1S/C13H10N4OS2/c1-2-19-13-16-17-11(18)10-9(15-12(17)20-13)7-5-3-4-6-8(7)14-10/h3-6,14H,2H2,1H3. The van der Waals surface area contributed by atoms with Crippen LogP contribution in [0.3, 0.4) is 0 Å². The monoisotopic (exact) mass is 302 g/mol. The highest BCUT2D eigenvalue weighted by atomic mass is 32.2. The molecule has 4 rings (SSSR count). The largest absolute Gasteiger partial charge is 0.349 e. The van der Waals surface area contributed by atoms with Gasteiger partial charge in [-0.1, -0.05) is 48.2 Å². The maximum absolute atomic E-state index is 12.5. The molecule has 0 radical (unpaired) electrons. The summed E-state index contributed by atoms with van der Waals surface area (Å²) in [4.78, 5) is 20.9. The van der Waals surface area contributed by atoms with Crippen LogP contribution in [0.5, 0.6) is 0 Å². The quantitative estimate of drug-likeness (QED) is 0.578. The van der Waals surface area contributed by atoms with Gasteiger partial charge in [-0.3, -0.25) is 4.79 Å². The minimum Gasteiger partial charge on any atom is -0.349 e. The van der Waals surface area contributed by atoms with Crippen molar-refractivity contribution in [3.63, 3.8) is 0 Å². The number of benzene rings is 1. The summed E-state index contributed by atoms with van der Waals surface area (Å²) in [5.74, 6) is 0.926. The molecular formula is C13H10N4OS2. The van der Waals surface area contributed by atoms with Crippen LogP contribution in [0.15, 0.2) is 33.4 Å². The zero-order chi connectivity index (χ0) is 13.7. The van der Waals surface area contributed by atoms with Gasteiger partial charge in [0.2, 0.25) is 4.96 Å². The van der Waals surface area contributed by atoms with Crippen molar-refractivity contribution in [3.05, 3.63) is 34.6 Å². The van der Waals surface area contributed by atoms with Crippen LogP contribution < -0.4 is 5.56 Å². The van der Waals surface area contributed by atoms with E-state index in [1.165, 1.54) is 15.9 Å². The predicted molar refractivity (Wildman–Crippen MR) is 82.9 cm³/mol. The van der Waals surface area contributed by atoms with Gasteiger partial charge in [0.25, 0.3) is 5.56 Å². The molecule has 3 aromatic heterocycles. The van der Waals surface area contributed by atoms with Crippen LogP contribution in [0, 0.1) is 0 Å². The molecule has 0 saturated carbocycles. The Balaban J connectivity index is 2.15. The van der Waals surface area contributed by atoms with Gasteiger partial charge >= 0.3 is 0 Å². The zero-order valence-corrected chi connectivity index (χ0v) is 12.2. The molecule has 0 saturated heterocycles. The van der Waals surface area contributed by atoms with Crippen LogP contribution >= 0.6 is 23.1 Å². The van der Waals surface area contributed by atoms with Crippen molar-refractivity contribution in [1.82, 2.24) is 19.6 Å². The molecule has 5 nitrogen and oxygen atoms in total. The molecule has 0 amide bonds. The van der Waals surface area contributed by atoms with Gasteiger partial charge in [0, 0.05) is 10.9 Å². The average molecular weight is 302 g/mol. The van der Waals surface area contributed by atoms with Crippen LogP contribution in [0.1, 0.15) is 6.92 Å². The minimum absolute atomic E-state index is 0.139. The van der Waals surface area contributed by atoms with Gasteiger partial charge in [-0.15, -0.1) is 5.10 Å². The number of nitrogens with one attached hydrogen (secondary N) is 1. The van der Waals surface area contributed by atoms with E-state index < -0.39 is 0 Å². The predicted octanol–water partition coefficient (Wildman–Crippen LogP) is 2.90. The maximum Gasteiger partial charge on any atom is 0.299 e. The molecule has 0 unspecified atom stereocenters. The molecule has 0 fully saturated rings. The van der Waals surface area contributed by atoms with Gasteiger partial charge in [-0.25, -0.2) is 4.98 Å². The van der Waals surface area contributed by atoms with Gasteiger partial charge in [0.1, 0.15) is 11.0 Å². The van der Waals surface area contributed by atoms with Crippen molar-refractivity contribution in [2.45, 2.75) is 11.3 Å². The van der Waals surface area contributed by atoms with Gasteiger partial charge in [0.05, 0.1) is 0 Å². The van der Waals surface area contributed by atoms with E-state index in [9.17, 15) is 4.79 Å². The number of nitrogens with zero attached hydrogens (tertiary/aromatic N) is 3. The Morgan fingerprint density at radius 3 is 3.10 bits per heavy atom. The summed E-state index contributed by atoms with van der Waals surface area (Å²) in [5, 5.41) is 5.30. The molecule has 0 aliphatic carbocycles. The fourth-order valence-electron chi connectivity index (χ4n) is 2.25. The number of hydrogen-bond donors (Lipinski definition) is 1. The third-order valence-electron chi connectivity index (χ3n) is 3.10. The molecule has 1 aromatic carbocycles. The molecular weight excluding hydrogens is 292 g/mol. The van der Waals surface area contributed by atoms with E-state index in [2.05, 4.69) is 22.0 Å². The summed E-state index contributed by atoms with van der Waals surface area (Å²) in [5.41, 5.74) is 2.03. The number of thioether (sulfide) groups is 1. The molecule has 0 aliphatic heterocycles. The molecule has 3 heterocycles. The Labute approximate surface area is 121 Å². The first kappa shape index (κ1) is 11.9. The summed E-state index contributed by atoms with van der Waals surface area (Å²) >= 11 is 3.07. The van der Waals surface area contributed by atoms with E-state index >= 15 is 0 Å². The molecule has 7 heteroatoms. The highest BCUT2D eigenvalue weighted by molar-refractivity contribution is 8.01. The lowest BCUT2D eigenvalue weighted by atomic mass is 10.2. The number of aromatic amines is 1. The molecule has 0 atom stereocenters. The third kappa shape index (κ3) is 1.60. The van der Waals surface area contributed by atoms with Crippen LogP contribution in [0.25, 0.3) is 26.9 Å². The highest BCUT2D eigenvalue weighted by Crippen LogP contribution is 2.26. The van der Waals surface area contributed by atoms with Crippen molar-refractivity contribution in [2.75, 3.05) is 5.75 Å². The summed E-state index contributed by atoms with van der Waals surface area (Å²) in [6.07, 6.45) is 0. The first-order valence-corrected chi connectivity index (χ1v) is 8.01. The Morgan fingerprint density at radius 2 is 2.25 bits per heavy atom. The smallest absolute Gasteiger partial charge is 0.299 e. The van der Waals surface area contributed by atoms with E-state index in [-0.39, 0.29) is 5.56 Å². The van der Waals surface area contributed by atoms with E-state index in [4.69, 9.17) is 0 Å². The van der Waals surface area contributed by atoms with E-state index in [1.807, 2.05) is 24.3 Å². The Bertz CT molecular complexity index is 998. The van der Waals surface area contributed by atoms with Crippen LogP contribution in [-0.4, -0.2) is 25.3 Å². The van der Waals surface area contributed by atoms with Crippen LogP contribution in [-0.2, 0) is 0 Å². The maximum atomic E-state index is 12.5. The lowest BCUT2D eigenvalue weighted by Gasteiger charge is -1.91. The summed E-state index contributed by atoms with van der Waals surface area (Å²) in [6, 6.07) is 7.80. The fraction of sp³-hybridized carbons (Fsp3) is 0.154. The summed E-state index contributed by atoms with van der Waals surface area (Å²) < 4.78 is 2.26. The van der Waals surface area contributed by atoms with Crippen molar-refractivity contribution >= 4 is 50.0 Å². The Hall–Kier alpha value is -1.86.